The van der Waals surface area contributed by atoms with Gasteiger partial charge in [-0.05, 0) is 51.5 Å². The van der Waals surface area contributed by atoms with Gasteiger partial charge in [0.15, 0.2) is 0 Å². The number of carbonyl (C=O) groups is 2. The Morgan fingerprint density at radius 2 is 1.97 bits per heavy atom. The van der Waals surface area contributed by atoms with Crippen LogP contribution >= 0.6 is 0 Å². The van der Waals surface area contributed by atoms with Crippen molar-refractivity contribution in [2.75, 3.05) is 6.54 Å². The van der Waals surface area contributed by atoms with Gasteiger partial charge in [0.1, 0.15) is 11.5 Å². The molecule has 0 spiro atoms. The van der Waals surface area contributed by atoms with Gasteiger partial charge in [0.25, 0.3) is 11.8 Å². The van der Waals surface area contributed by atoms with Crippen LogP contribution in [0.5, 0.6) is 0 Å². The number of carbonyl (C=O) groups excluding carboxylic acids is 2. The maximum atomic E-state index is 13.7. The Bertz CT molecular complexity index is 1000. The summed E-state index contributed by atoms with van der Waals surface area (Å²) in [5.41, 5.74) is 2.97. The fourth-order valence-electron chi connectivity index (χ4n) is 3.80. The zero-order valence-electron chi connectivity index (χ0n) is 17.7. The molecular weight excluding hydrogens is 371 g/mol. The molecule has 1 aromatic heterocycles. The van der Waals surface area contributed by atoms with Gasteiger partial charge in [-0.3, -0.25) is 14.7 Å². The first-order valence-corrected chi connectivity index (χ1v) is 9.67. The Morgan fingerprint density at radius 3 is 2.59 bits per heavy atom. The van der Waals surface area contributed by atoms with Crippen molar-refractivity contribution in [2.45, 2.75) is 53.0 Å². The van der Waals surface area contributed by atoms with Crippen molar-refractivity contribution < 1.29 is 14.0 Å². The molecular formula is C22H27FN4O2. The van der Waals surface area contributed by atoms with Gasteiger partial charge in [0.2, 0.25) is 0 Å². The highest BCUT2D eigenvalue weighted by atomic mass is 19.1. The SMILES string of the molecule is Cc1cc(C(=O)N2C=C(C(=O)NC(C)C)c3n[nH]c(C)c3C(C)(C)C2)ccc1F. The number of nitrogens with one attached hydrogen (secondary N) is 2. The van der Waals surface area contributed by atoms with E-state index in [0.29, 0.717) is 28.9 Å². The van der Waals surface area contributed by atoms with E-state index in [4.69, 9.17) is 0 Å². The molecule has 1 aliphatic rings. The van der Waals surface area contributed by atoms with Crippen LogP contribution in [0.2, 0.25) is 0 Å². The Morgan fingerprint density at radius 1 is 1.28 bits per heavy atom. The average molecular weight is 398 g/mol. The number of aromatic nitrogens is 2. The fraction of sp³-hybridized carbons (Fsp3) is 0.409. The lowest BCUT2D eigenvalue weighted by Crippen LogP contribution is -2.37. The van der Waals surface area contributed by atoms with Crippen molar-refractivity contribution in [3.63, 3.8) is 0 Å². The largest absolute Gasteiger partial charge is 0.350 e. The molecule has 0 saturated heterocycles. The third-order valence-electron chi connectivity index (χ3n) is 5.06. The van der Waals surface area contributed by atoms with Crippen LogP contribution in [0, 0.1) is 19.7 Å². The maximum absolute atomic E-state index is 13.7. The van der Waals surface area contributed by atoms with Gasteiger partial charge in [0, 0.05) is 41.0 Å². The average Bonchev–Trinajstić information content (AvgIpc) is 2.95. The van der Waals surface area contributed by atoms with Crippen LogP contribution in [-0.4, -0.2) is 39.5 Å². The number of fused-ring (bicyclic) bond motifs is 1. The van der Waals surface area contributed by atoms with Crippen molar-refractivity contribution in [3.05, 3.63) is 58.3 Å². The number of hydrogen-bond acceptors (Lipinski definition) is 3. The molecule has 2 N–H and O–H groups in total. The van der Waals surface area contributed by atoms with E-state index in [1.165, 1.54) is 23.1 Å². The molecule has 0 bridgehead atoms. The number of rotatable bonds is 3. The summed E-state index contributed by atoms with van der Waals surface area (Å²) in [6.45, 7) is 11.7. The van der Waals surface area contributed by atoms with E-state index in [2.05, 4.69) is 15.5 Å². The van der Waals surface area contributed by atoms with Crippen LogP contribution in [0.4, 0.5) is 4.39 Å². The molecule has 0 fully saturated rings. The van der Waals surface area contributed by atoms with Gasteiger partial charge in [0.05, 0.1) is 5.57 Å². The fourth-order valence-corrected chi connectivity index (χ4v) is 3.80. The number of amides is 2. The summed E-state index contributed by atoms with van der Waals surface area (Å²) in [5.74, 6) is -0.942. The summed E-state index contributed by atoms with van der Waals surface area (Å²) in [6.07, 6.45) is 1.56. The van der Waals surface area contributed by atoms with Gasteiger partial charge in [-0.2, -0.15) is 5.10 Å². The molecule has 2 aromatic rings. The predicted octanol–water partition coefficient (Wildman–Crippen LogP) is 3.46. The summed E-state index contributed by atoms with van der Waals surface area (Å²) in [7, 11) is 0. The van der Waals surface area contributed by atoms with Crippen LogP contribution in [0.1, 0.15) is 60.6 Å². The van der Waals surface area contributed by atoms with Crippen LogP contribution in [0.15, 0.2) is 24.4 Å². The molecule has 0 unspecified atom stereocenters. The van der Waals surface area contributed by atoms with Gasteiger partial charge in [-0.25, -0.2) is 4.39 Å². The van der Waals surface area contributed by atoms with Crippen molar-refractivity contribution in [1.29, 1.82) is 0 Å². The van der Waals surface area contributed by atoms with E-state index in [0.717, 1.165) is 11.3 Å². The van der Waals surface area contributed by atoms with Gasteiger partial charge < -0.3 is 10.2 Å². The molecule has 6 nitrogen and oxygen atoms in total. The van der Waals surface area contributed by atoms with Crippen LogP contribution in [-0.2, 0) is 10.2 Å². The Balaban J connectivity index is 2.11. The van der Waals surface area contributed by atoms with Crippen molar-refractivity contribution in [3.8, 4) is 0 Å². The molecule has 154 valence electrons. The molecule has 3 rings (SSSR count). The topological polar surface area (TPSA) is 78.1 Å². The van der Waals surface area contributed by atoms with Crippen LogP contribution < -0.4 is 5.32 Å². The minimum absolute atomic E-state index is 0.0629. The van der Waals surface area contributed by atoms with Gasteiger partial charge in [-0.15, -0.1) is 0 Å². The minimum atomic E-state index is -0.451. The summed E-state index contributed by atoms with van der Waals surface area (Å²) >= 11 is 0. The van der Waals surface area contributed by atoms with E-state index >= 15 is 0 Å². The summed E-state index contributed by atoms with van der Waals surface area (Å²) in [5, 5.41) is 10.2. The third-order valence-corrected chi connectivity index (χ3v) is 5.06. The highest BCUT2D eigenvalue weighted by molar-refractivity contribution is 6.20. The number of nitrogens with zero attached hydrogens (tertiary/aromatic N) is 2. The van der Waals surface area contributed by atoms with E-state index in [9.17, 15) is 14.0 Å². The lowest BCUT2D eigenvalue weighted by atomic mass is 9.82. The Labute approximate surface area is 170 Å². The van der Waals surface area contributed by atoms with Crippen LogP contribution in [0.25, 0.3) is 5.57 Å². The number of aromatic amines is 1. The monoisotopic (exact) mass is 398 g/mol. The van der Waals surface area contributed by atoms with E-state index in [1.54, 1.807) is 13.1 Å². The van der Waals surface area contributed by atoms with Crippen molar-refractivity contribution in [1.82, 2.24) is 20.4 Å². The van der Waals surface area contributed by atoms with E-state index < -0.39 is 5.41 Å². The number of aryl methyl sites for hydroxylation is 2. The zero-order chi connectivity index (χ0) is 21.5. The quantitative estimate of drug-likeness (QED) is 0.831. The Hall–Kier alpha value is -2.96. The summed E-state index contributed by atoms with van der Waals surface area (Å²) in [6, 6.07) is 4.22. The third kappa shape index (κ3) is 3.95. The predicted molar refractivity (Wildman–Crippen MR) is 110 cm³/mol. The second-order valence-electron chi connectivity index (χ2n) is 8.52. The smallest absolute Gasteiger partial charge is 0.257 e. The number of benzene rings is 1. The summed E-state index contributed by atoms with van der Waals surface area (Å²) in [4.78, 5) is 27.7. The molecule has 29 heavy (non-hydrogen) atoms. The molecule has 0 radical (unpaired) electrons. The molecule has 7 heteroatoms. The number of hydrogen-bond donors (Lipinski definition) is 2. The first kappa shape index (κ1) is 20.8. The first-order valence-electron chi connectivity index (χ1n) is 9.67. The highest BCUT2D eigenvalue weighted by Crippen LogP contribution is 2.36. The van der Waals surface area contributed by atoms with Gasteiger partial charge in [-0.1, -0.05) is 13.8 Å². The molecule has 2 amide bonds. The standard InChI is InChI=1S/C22H27FN4O2/c1-12(2)24-20(28)16-10-27(21(29)15-7-8-17(23)13(3)9-15)11-22(5,6)18-14(4)25-26-19(16)18/h7-10,12H,11H2,1-6H3,(H,24,28)(H,25,26). The molecule has 1 aromatic carbocycles. The molecule has 1 aliphatic heterocycles. The summed E-state index contributed by atoms with van der Waals surface area (Å²) < 4.78 is 13.7. The maximum Gasteiger partial charge on any atom is 0.257 e. The van der Waals surface area contributed by atoms with Gasteiger partial charge >= 0.3 is 0 Å². The van der Waals surface area contributed by atoms with Crippen molar-refractivity contribution >= 4 is 17.4 Å². The lowest BCUT2D eigenvalue weighted by Gasteiger charge is -2.29. The van der Waals surface area contributed by atoms with Crippen molar-refractivity contribution in [2.24, 2.45) is 0 Å². The normalized spacial score (nSPS) is 15.6. The Kier molecular flexibility index (Phi) is 5.34. The molecule has 0 saturated carbocycles. The second kappa shape index (κ2) is 7.46. The molecule has 2 heterocycles. The lowest BCUT2D eigenvalue weighted by molar-refractivity contribution is -0.116. The number of H-pyrrole nitrogens is 1. The first-order chi connectivity index (χ1) is 13.5. The number of halogens is 1. The highest BCUT2D eigenvalue weighted by Gasteiger charge is 2.37. The molecule has 0 atom stereocenters. The molecule has 0 aliphatic carbocycles. The van der Waals surface area contributed by atoms with Crippen LogP contribution in [0.3, 0.4) is 0 Å². The van der Waals surface area contributed by atoms with E-state index in [1.807, 2.05) is 34.6 Å². The second-order valence-corrected chi connectivity index (χ2v) is 8.52. The minimum Gasteiger partial charge on any atom is -0.350 e. The zero-order valence-corrected chi connectivity index (χ0v) is 17.7. The van der Waals surface area contributed by atoms with E-state index in [-0.39, 0.29) is 23.7 Å².